The highest BCUT2D eigenvalue weighted by atomic mass is 19.1. The molecular formula is C38H38F2N12O2. The Hall–Kier alpha value is -6.58. The number of alkyl halides is 2. The number of carbonyl (C=O) groups excluding carboxylic acids is 2. The van der Waals surface area contributed by atoms with E-state index in [1.165, 1.54) is 0 Å². The molecule has 0 radical (unpaired) electrons. The number of nitrogens with two attached hydrogens (primary N) is 2. The Labute approximate surface area is 308 Å². The maximum atomic E-state index is 13.1. The number of nitrogens with one attached hydrogen (secondary N) is 4. The van der Waals surface area contributed by atoms with Gasteiger partial charge in [-0.15, -0.1) is 0 Å². The van der Waals surface area contributed by atoms with Crippen LogP contribution < -0.4 is 32.7 Å². The summed E-state index contributed by atoms with van der Waals surface area (Å²) in [5.74, 6) is -0.431. The quantitative estimate of drug-likeness (QED) is 0.109. The van der Waals surface area contributed by atoms with Gasteiger partial charge >= 0.3 is 0 Å². The van der Waals surface area contributed by atoms with E-state index in [0.29, 0.717) is 45.4 Å². The summed E-state index contributed by atoms with van der Waals surface area (Å²) in [6, 6.07) is 7.19. The van der Waals surface area contributed by atoms with Gasteiger partial charge in [0, 0.05) is 60.8 Å². The van der Waals surface area contributed by atoms with Gasteiger partial charge in [-0.3, -0.25) is 19.6 Å². The van der Waals surface area contributed by atoms with Crippen LogP contribution in [-0.2, 0) is 9.59 Å². The number of hydrogen-bond donors (Lipinski definition) is 6. The van der Waals surface area contributed by atoms with Crippen LogP contribution in [0.3, 0.4) is 0 Å². The third kappa shape index (κ3) is 7.22. The zero-order valence-electron chi connectivity index (χ0n) is 29.9. The molecule has 2 fully saturated rings. The highest BCUT2D eigenvalue weighted by molar-refractivity contribution is 6.00. The molecule has 0 aromatic carbocycles. The van der Waals surface area contributed by atoms with Crippen LogP contribution >= 0.6 is 0 Å². The molecule has 14 nitrogen and oxygen atoms in total. The van der Waals surface area contributed by atoms with Crippen molar-refractivity contribution in [1.82, 2.24) is 29.9 Å². The van der Waals surface area contributed by atoms with Gasteiger partial charge in [-0.25, -0.2) is 28.7 Å². The number of nitrogen functional groups attached to an aromatic ring is 2. The number of carbonyl (C=O) groups is 2. The molecular weight excluding hydrogens is 694 g/mol. The number of nitrogens with zero attached hydrogens (tertiary/aromatic N) is 6. The Morgan fingerprint density at radius 3 is 1.39 bits per heavy atom. The zero-order chi connectivity index (χ0) is 38.3. The van der Waals surface area contributed by atoms with Crippen molar-refractivity contribution in [2.75, 3.05) is 46.8 Å². The second-order valence-electron chi connectivity index (χ2n) is 13.3. The maximum absolute atomic E-state index is 13.1. The van der Waals surface area contributed by atoms with Crippen LogP contribution in [0, 0.1) is 25.7 Å². The third-order valence-electron chi connectivity index (χ3n) is 9.61. The predicted molar refractivity (Wildman–Crippen MR) is 206 cm³/mol. The first-order chi connectivity index (χ1) is 25.9. The molecule has 0 spiro atoms. The van der Waals surface area contributed by atoms with Crippen molar-refractivity contribution < 1.29 is 18.4 Å². The van der Waals surface area contributed by atoms with E-state index in [-0.39, 0.29) is 24.7 Å². The van der Waals surface area contributed by atoms with Gasteiger partial charge < -0.3 is 32.7 Å². The lowest BCUT2D eigenvalue weighted by Gasteiger charge is -2.12. The number of halogens is 2. The van der Waals surface area contributed by atoms with E-state index in [9.17, 15) is 18.4 Å². The number of aromatic nitrogens is 6. The summed E-state index contributed by atoms with van der Waals surface area (Å²) in [5, 5.41) is 14.4. The van der Waals surface area contributed by atoms with Crippen LogP contribution in [0.1, 0.15) is 24.0 Å². The Bertz CT molecular complexity index is 2280. The first kappa shape index (κ1) is 35.8. The van der Waals surface area contributed by atoms with Gasteiger partial charge in [-0.2, -0.15) is 0 Å². The molecule has 0 bridgehead atoms. The molecule has 6 aromatic rings. The third-order valence-corrected chi connectivity index (χ3v) is 9.61. The van der Waals surface area contributed by atoms with Crippen LogP contribution in [0.15, 0.2) is 61.4 Å². The fourth-order valence-corrected chi connectivity index (χ4v) is 6.14. The summed E-state index contributed by atoms with van der Waals surface area (Å²) in [7, 11) is 3.66. The van der Waals surface area contributed by atoms with Gasteiger partial charge in [-0.1, -0.05) is 0 Å². The van der Waals surface area contributed by atoms with E-state index in [0.717, 1.165) is 44.4 Å². The van der Waals surface area contributed by atoms with Crippen molar-refractivity contribution >= 4 is 68.0 Å². The summed E-state index contributed by atoms with van der Waals surface area (Å²) in [6.45, 7) is 3.96. The molecule has 276 valence electrons. The van der Waals surface area contributed by atoms with E-state index in [1.54, 1.807) is 49.3 Å². The standard InChI is InChI=1S/2C19H19FN6O/c2*1-9-12(6-23-8-16(9)22-2)15-3-10-4-17(24-7-13(10)18(21)25-15)26-19(27)11-5-14(11)20/h2*3-4,6-8,11,14,22H,5H2,1-2H3,(H2,21,25)(H,24,26,27)/t2*11-,14+/m10/s1. The average Bonchev–Trinajstić information content (AvgIpc) is 4.08. The molecule has 54 heavy (non-hydrogen) atoms. The summed E-state index contributed by atoms with van der Waals surface area (Å²) in [6.07, 6.45) is 8.54. The van der Waals surface area contributed by atoms with Gasteiger partial charge in [0.2, 0.25) is 11.8 Å². The molecule has 2 saturated carbocycles. The van der Waals surface area contributed by atoms with E-state index >= 15 is 0 Å². The molecule has 0 unspecified atom stereocenters. The highest BCUT2D eigenvalue weighted by Gasteiger charge is 2.44. The normalized spacial score (nSPS) is 18.3. The number of rotatable bonds is 8. The molecule has 0 aliphatic heterocycles. The van der Waals surface area contributed by atoms with Crippen molar-refractivity contribution in [3.63, 3.8) is 0 Å². The predicted octanol–water partition coefficient (Wildman–Crippen LogP) is 5.84. The monoisotopic (exact) mass is 732 g/mol. The molecule has 8 rings (SSSR count). The minimum Gasteiger partial charge on any atom is -0.387 e. The second-order valence-corrected chi connectivity index (χ2v) is 13.3. The first-order valence-electron chi connectivity index (χ1n) is 17.2. The first-order valence-corrected chi connectivity index (χ1v) is 17.2. The van der Waals surface area contributed by atoms with Gasteiger partial charge in [0.25, 0.3) is 0 Å². The summed E-state index contributed by atoms with van der Waals surface area (Å²) >= 11 is 0. The topological polar surface area (TPSA) is 212 Å². The van der Waals surface area contributed by atoms with Crippen LogP contribution in [0.2, 0.25) is 0 Å². The fraction of sp³-hybridized carbons (Fsp3) is 0.263. The van der Waals surface area contributed by atoms with Crippen LogP contribution in [0.5, 0.6) is 0 Å². The molecule has 2 amide bonds. The second kappa shape index (κ2) is 14.4. The minimum atomic E-state index is -1.05. The van der Waals surface area contributed by atoms with Gasteiger partial charge in [0.1, 0.15) is 35.6 Å². The van der Waals surface area contributed by atoms with E-state index in [2.05, 4.69) is 51.2 Å². The van der Waals surface area contributed by atoms with Crippen molar-refractivity contribution in [3.05, 3.63) is 72.6 Å². The minimum absolute atomic E-state index is 0.272. The molecule has 4 atom stereocenters. The molecule has 16 heteroatoms. The lowest BCUT2D eigenvalue weighted by Crippen LogP contribution is -2.15. The van der Waals surface area contributed by atoms with Gasteiger partial charge in [0.15, 0.2) is 0 Å². The molecule has 0 saturated heterocycles. The van der Waals surface area contributed by atoms with Crippen LogP contribution in [-0.4, -0.2) is 68.2 Å². The van der Waals surface area contributed by atoms with Crippen molar-refractivity contribution in [2.24, 2.45) is 11.8 Å². The van der Waals surface area contributed by atoms with Gasteiger partial charge in [-0.05, 0) is 72.9 Å². The average molecular weight is 733 g/mol. The lowest BCUT2D eigenvalue weighted by atomic mass is 10.0. The summed E-state index contributed by atoms with van der Waals surface area (Å²) in [5.41, 5.74) is 19.1. The molecule has 2 aliphatic rings. The van der Waals surface area contributed by atoms with Crippen molar-refractivity contribution in [1.29, 1.82) is 0 Å². The Morgan fingerprint density at radius 2 is 1.04 bits per heavy atom. The number of hydrogen-bond acceptors (Lipinski definition) is 12. The van der Waals surface area contributed by atoms with Gasteiger partial charge in [0.05, 0.1) is 47.0 Å². The van der Waals surface area contributed by atoms with E-state index < -0.39 is 24.2 Å². The largest absolute Gasteiger partial charge is 0.387 e. The van der Waals surface area contributed by atoms with E-state index in [1.807, 2.05) is 40.1 Å². The Balaban J connectivity index is 0.000000167. The van der Waals surface area contributed by atoms with E-state index in [4.69, 9.17) is 11.5 Å². The summed E-state index contributed by atoms with van der Waals surface area (Å²) < 4.78 is 26.1. The SMILES string of the molecule is CNc1cncc(-c2cc3cc(NC(=O)[C@@H]4C[C@@H]4F)ncc3c(N)n2)c1C.CNc1cncc(-c2cc3cc(NC(=O)[C@H]4C[C@H]4F)ncc3c(N)n2)c1C. The van der Waals surface area contributed by atoms with Crippen LogP contribution in [0.25, 0.3) is 44.1 Å². The molecule has 2 aliphatic carbocycles. The smallest absolute Gasteiger partial charge is 0.231 e. The van der Waals surface area contributed by atoms with Crippen molar-refractivity contribution in [3.8, 4) is 22.5 Å². The number of amides is 2. The molecule has 8 N–H and O–H groups in total. The highest BCUT2D eigenvalue weighted by Crippen LogP contribution is 2.37. The fourth-order valence-electron chi connectivity index (χ4n) is 6.14. The number of anilines is 6. The number of pyridine rings is 6. The Morgan fingerprint density at radius 1 is 0.648 bits per heavy atom. The molecule has 6 aromatic heterocycles. The van der Waals surface area contributed by atoms with Crippen LogP contribution in [0.4, 0.5) is 43.4 Å². The lowest BCUT2D eigenvalue weighted by molar-refractivity contribution is -0.118. The Kier molecular flexibility index (Phi) is 9.58. The molecule has 6 heterocycles. The summed E-state index contributed by atoms with van der Waals surface area (Å²) in [4.78, 5) is 49.7. The maximum Gasteiger partial charge on any atom is 0.231 e. The zero-order valence-corrected chi connectivity index (χ0v) is 29.9. The number of fused-ring (bicyclic) bond motifs is 2. The van der Waals surface area contributed by atoms with Crippen molar-refractivity contribution in [2.45, 2.75) is 39.0 Å².